The quantitative estimate of drug-likeness (QED) is 0.246. The highest BCUT2D eigenvalue weighted by molar-refractivity contribution is 7.09. The number of benzene rings is 2. The molecule has 0 aliphatic heterocycles. The van der Waals surface area contributed by atoms with Gasteiger partial charge in [-0.25, -0.2) is 4.98 Å². The first-order chi connectivity index (χ1) is 18.0. The maximum atomic E-state index is 11.3. The molecule has 1 fully saturated rings. The lowest BCUT2D eigenvalue weighted by molar-refractivity contribution is -0.138. The van der Waals surface area contributed by atoms with Gasteiger partial charge in [0.1, 0.15) is 5.01 Å². The summed E-state index contributed by atoms with van der Waals surface area (Å²) in [4.78, 5) is 18.0. The van der Waals surface area contributed by atoms with Crippen molar-refractivity contribution in [3.05, 3.63) is 70.0 Å². The third-order valence-electron chi connectivity index (χ3n) is 7.27. The maximum absolute atomic E-state index is 11.3. The number of nitrogens with one attached hydrogen (secondary N) is 1. The van der Waals surface area contributed by atoms with Crippen molar-refractivity contribution >= 4 is 23.0 Å². The molecular formula is C31H41N3O2S. The largest absolute Gasteiger partial charge is 0.480 e. The molecule has 3 aromatic rings. The van der Waals surface area contributed by atoms with E-state index in [0.29, 0.717) is 12.5 Å². The van der Waals surface area contributed by atoms with Gasteiger partial charge in [-0.2, -0.15) is 0 Å². The molecule has 1 aliphatic rings. The summed E-state index contributed by atoms with van der Waals surface area (Å²) in [5.41, 5.74) is 6.03. The SMILES string of the molecule is CC(C)CCN(CC(=O)O)Cc1nc(-c2ccc(NCCc3ccc(C4CCCCC4)cc3)cc2)cs1. The Morgan fingerprint density at radius 2 is 1.81 bits per heavy atom. The van der Waals surface area contributed by atoms with E-state index in [1.807, 2.05) is 4.90 Å². The van der Waals surface area contributed by atoms with Crippen LogP contribution in [0, 0.1) is 5.92 Å². The second-order valence-electron chi connectivity index (χ2n) is 10.7. The molecule has 1 saturated carbocycles. The second-order valence-corrected chi connectivity index (χ2v) is 11.7. The standard InChI is InChI=1S/C31H41N3O2S/c1-23(2)17-19-34(21-31(35)36)20-30-33-29(22-37-30)27-12-14-28(15-13-27)32-18-16-24-8-10-26(11-9-24)25-6-4-3-5-7-25/h8-15,22-23,25,32H,3-7,16-21H2,1-2H3,(H,35,36). The van der Waals surface area contributed by atoms with Crippen LogP contribution in [0.3, 0.4) is 0 Å². The summed E-state index contributed by atoms with van der Waals surface area (Å²) in [6.45, 7) is 6.61. The van der Waals surface area contributed by atoms with E-state index in [0.717, 1.165) is 53.8 Å². The van der Waals surface area contributed by atoms with E-state index in [4.69, 9.17) is 4.98 Å². The molecule has 37 heavy (non-hydrogen) atoms. The molecule has 0 saturated heterocycles. The number of aromatic nitrogens is 1. The van der Waals surface area contributed by atoms with Gasteiger partial charge in [0.05, 0.1) is 18.8 Å². The van der Waals surface area contributed by atoms with Crippen LogP contribution in [0.1, 0.15) is 74.4 Å². The molecule has 1 aliphatic carbocycles. The van der Waals surface area contributed by atoms with Crippen LogP contribution in [0.5, 0.6) is 0 Å². The highest BCUT2D eigenvalue weighted by Crippen LogP contribution is 2.32. The Hall–Kier alpha value is -2.70. The van der Waals surface area contributed by atoms with Crippen LogP contribution < -0.4 is 5.32 Å². The molecule has 0 amide bonds. The molecule has 0 radical (unpaired) electrons. The summed E-state index contributed by atoms with van der Waals surface area (Å²) in [5, 5.41) is 15.8. The summed E-state index contributed by atoms with van der Waals surface area (Å²) in [7, 11) is 0. The molecule has 4 rings (SSSR count). The van der Waals surface area contributed by atoms with Crippen LogP contribution in [0.15, 0.2) is 53.9 Å². The number of aliphatic carboxylic acids is 1. The first kappa shape index (κ1) is 27.3. The highest BCUT2D eigenvalue weighted by Gasteiger charge is 2.16. The summed E-state index contributed by atoms with van der Waals surface area (Å²) in [6.07, 6.45) is 8.84. The maximum Gasteiger partial charge on any atom is 0.317 e. The van der Waals surface area contributed by atoms with E-state index in [1.165, 1.54) is 43.2 Å². The van der Waals surface area contributed by atoms with E-state index in [9.17, 15) is 9.90 Å². The number of hydrogen-bond acceptors (Lipinski definition) is 5. The third kappa shape index (κ3) is 8.68. The molecule has 2 N–H and O–H groups in total. The Kier molecular flexibility index (Phi) is 10.1. The molecule has 6 heteroatoms. The number of anilines is 1. The predicted octanol–water partition coefficient (Wildman–Crippen LogP) is 7.45. The van der Waals surface area contributed by atoms with E-state index in [1.54, 1.807) is 11.3 Å². The van der Waals surface area contributed by atoms with E-state index < -0.39 is 5.97 Å². The number of carbonyl (C=O) groups is 1. The molecule has 1 aromatic heterocycles. The summed E-state index contributed by atoms with van der Waals surface area (Å²) < 4.78 is 0. The van der Waals surface area contributed by atoms with Gasteiger partial charge in [-0.05, 0) is 67.3 Å². The Morgan fingerprint density at radius 3 is 2.49 bits per heavy atom. The van der Waals surface area contributed by atoms with Crippen molar-refractivity contribution in [2.45, 2.75) is 71.3 Å². The van der Waals surface area contributed by atoms with Gasteiger partial charge in [0.15, 0.2) is 0 Å². The molecule has 0 bridgehead atoms. The number of carboxylic acid groups (broad SMARTS) is 1. The third-order valence-corrected chi connectivity index (χ3v) is 8.11. The van der Waals surface area contributed by atoms with E-state index in [2.05, 4.69) is 73.1 Å². The van der Waals surface area contributed by atoms with Crippen LogP contribution in [-0.4, -0.2) is 40.6 Å². The van der Waals surface area contributed by atoms with Gasteiger partial charge in [0, 0.05) is 23.2 Å². The Labute approximate surface area is 226 Å². The lowest BCUT2D eigenvalue weighted by Crippen LogP contribution is -2.30. The van der Waals surface area contributed by atoms with Crippen molar-refractivity contribution in [2.75, 3.05) is 25.0 Å². The van der Waals surface area contributed by atoms with Crippen molar-refractivity contribution in [1.82, 2.24) is 9.88 Å². The van der Waals surface area contributed by atoms with Crippen molar-refractivity contribution in [2.24, 2.45) is 5.92 Å². The minimum Gasteiger partial charge on any atom is -0.480 e. The lowest BCUT2D eigenvalue weighted by atomic mass is 9.84. The number of nitrogens with zero attached hydrogens (tertiary/aromatic N) is 2. The van der Waals surface area contributed by atoms with Crippen LogP contribution in [0.25, 0.3) is 11.3 Å². The number of carboxylic acids is 1. The first-order valence-electron chi connectivity index (χ1n) is 13.8. The van der Waals surface area contributed by atoms with Crippen molar-refractivity contribution in [3.63, 3.8) is 0 Å². The van der Waals surface area contributed by atoms with Gasteiger partial charge in [-0.1, -0.05) is 69.5 Å². The van der Waals surface area contributed by atoms with Crippen LogP contribution in [-0.2, 0) is 17.8 Å². The van der Waals surface area contributed by atoms with Crippen molar-refractivity contribution in [3.8, 4) is 11.3 Å². The predicted molar refractivity (Wildman–Crippen MR) is 154 cm³/mol. The van der Waals surface area contributed by atoms with Gasteiger partial charge in [-0.15, -0.1) is 11.3 Å². The fraction of sp³-hybridized carbons (Fsp3) is 0.484. The van der Waals surface area contributed by atoms with Gasteiger partial charge in [0.25, 0.3) is 0 Å². The fourth-order valence-corrected chi connectivity index (χ4v) is 5.90. The number of thiazole rings is 1. The van der Waals surface area contributed by atoms with E-state index >= 15 is 0 Å². The summed E-state index contributed by atoms with van der Waals surface area (Å²) in [5.74, 6) is 0.518. The average Bonchev–Trinajstić information content (AvgIpc) is 3.37. The second kappa shape index (κ2) is 13.7. The minimum absolute atomic E-state index is 0.0483. The zero-order chi connectivity index (χ0) is 26.0. The van der Waals surface area contributed by atoms with Crippen LogP contribution in [0.4, 0.5) is 5.69 Å². The van der Waals surface area contributed by atoms with Gasteiger partial charge in [-0.3, -0.25) is 9.69 Å². The molecule has 198 valence electrons. The molecule has 0 unspecified atom stereocenters. The minimum atomic E-state index is -0.792. The smallest absolute Gasteiger partial charge is 0.317 e. The zero-order valence-corrected chi connectivity index (χ0v) is 23.1. The molecule has 0 spiro atoms. The summed E-state index contributed by atoms with van der Waals surface area (Å²) >= 11 is 1.60. The molecule has 1 heterocycles. The zero-order valence-electron chi connectivity index (χ0n) is 22.3. The monoisotopic (exact) mass is 519 g/mol. The molecule has 2 aromatic carbocycles. The molecular weight excluding hydrogens is 478 g/mol. The Balaban J connectivity index is 1.26. The normalized spacial score (nSPS) is 14.4. The highest BCUT2D eigenvalue weighted by atomic mass is 32.1. The summed E-state index contributed by atoms with van der Waals surface area (Å²) in [6, 6.07) is 17.7. The average molecular weight is 520 g/mol. The van der Waals surface area contributed by atoms with Crippen molar-refractivity contribution < 1.29 is 9.90 Å². The van der Waals surface area contributed by atoms with Crippen LogP contribution >= 0.6 is 11.3 Å². The molecule has 0 atom stereocenters. The van der Waals surface area contributed by atoms with E-state index in [-0.39, 0.29) is 6.54 Å². The fourth-order valence-electron chi connectivity index (χ4n) is 5.06. The number of hydrogen-bond donors (Lipinski definition) is 2. The van der Waals surface area contributed by atoms with Gasteiger partial charge < -0.3 is 10.4 Å². The Morgan fingerprint density at radius 1 is 1.08 bits per heavy atom. The first-order valence-corrected chi connectivity index (χ1v) is 14.7. The number of rotatable bonds is 13. The van der Waals surface area contributed by atoms with Crippen molar-refractivity contribution in [1.29, 1.82) is 0 Å². The lowest BCUT2D eigenvalue weighted by Gasteiger charge is -2.22. The van der Waals surface area contributed by atoms with Crippen LogP contribution in [0.2, 0.25) is 0 Å². The Bertz CT molecular complexity index is 1100. The van der Waals surface area contributed by atoms with Gasteiger partial charge >= 0.3 is 5.97 Å². The molecule has 5 nitrogen and oxygen atoms in total. The topological polar surface area (TPSA) is 65.5 Å². The van der Waals surface area contributed by atoms with Gasteiger partial charge in [0.2, 0.25) is 0 Å².